The Labute approximate surface area is 132 Å². The van der Waals surface area contributed by atoms with Crippen molar-refractivity contribution in [2.24, 2.45) is 0 Å². The molecule has 0 aliphatic heterocycles. The number of aromatic nitrogens is 2. The number of halogens is 1. The van der Waals surface area contributed by atoms with Gasteiger partial charge in [0.1, 0.15) is 17.3 Å². The molecule has 0 bridgehead atoms. The van der Waals surface area contributed by atoms with Crippen molar-refractivity contribution < 1.29 is 13.2 Å². The van der Waals surface area contributed by atoms with Crippen LogP contribution in [-0.2, 0) is 10.0 Å². The Balaban J connectivity index is 1.93. The Kier molecular flexibility index (Phi) is 5.02. The van der Waals surface area contributed by atoms with Gasteiger partial charge in [-0.2, -0.15) is 5.10 Å². The molecule has 0 atom stereocenters. The topological polar surface area (TPSA) is 84.1 Å². The van der Waals surface area contributed by atoms with Gasteiger partial charge >= 0.3 is 0 Å². The molecule has 0 radical (unpaired) electrons. The summed E-state index contributed by atoms with van der Waals surface area (Å²) in [4.78, 5) is 0.198. The molecule has 0 fully saturated rings. The van der Waals surface area contributed by atoms with E-state index in [0.717, 1.165) is 4.47 Å². The zero-order valence-corrected chi connectivity index (χ0v) is 14.1. The summed E-state index contributed by atoms with van der Waals surface area (Å²) < 4.78 is 33.2. The average Bonchev–Trinajstić information content (AvgIpc) is 2.77. The van der Waals surface area contributed by atoms with Crippen molar-refractivity contribution in [3.05, 3.63) is 40.1 Å². The largest absolute Gasteiger partial charge is 0.491 e. The lowest BCUT2D eigenvalue weighted by Gasteiger charge is -2.09. The number of benzene rings is 1. The van der Waals surface area contributed by atoms with Crippen molar-refractivity contribution in [3.63, 3.8) is 0 Å². The Hall–Kier alpha value is -1.38. The summed E-state index contributed by atoms with van der Waals surface area (Å²) in [7, 11) is -3.58. The highest BCUT2D eigenvalue weighted by Crippen LogP contribution is 2.23. The number of sulfonamides is 1. The van der Waals surface area contributed by atoms with Gasteiger partial charge in [-0.15, -0.1) is 0 Å². The van der Waals surface area contributed by atoms with Crippen molar-refractivity contribution in [1.29, 1.82) is 0 Å². The standard InChI is InChI=1S/C13H16BrN3O3S/c1-9-13(10(2)17-16-9)21(18,19)15-7-8-20-12-6-4-3-5-11(12)14/h3-6,15H,7-8H2,1-2H3,(H,16,17). The van der Waals surface area contributed by atoms with Crippen LogP contribution in [0.25, 0.3) is 0 Å². The van der Waals surface area contributed by atoms with Crippen LogP contribution in [0, 0.1) is 13.8 Å². The number of aromatic amines is 1. The molecule has 6 nitrogen and oxygen atoms in total. The minimum absolute atomic E-state index is 0.174. The van der Waals surface area contributed by atoms with Crippen molar-refractivity contribution >= 4 is 26.0 Å². The predicted molar refractivity (Wildman–Crippen MR) is 82.9 cm³/mol. The van der Waals surface area contributed by atoms with Gasteiger partial charge in [0.05, 0.1) is 15.9 Å². The summed E-state index contributed by atoms with van der Waals surface area (Å²) in [5.41, 5.74) is 0.971. The van der Waals surface area contributed by atoms with E-state index in [1.165, 1.54) is 0 Å². The smallest absolute Gasteiger partial charge is 0.244 e. The number of hydrogen-bond donors (Lipinski definition) is 2. The molecule has 0 spiro atoms. The summed E-state index contributed by atoms with van der Waals surface area (Å²) in [6.07, 6.45) is 0. The molecule has 114 valence electrons. The second-order valence-corrected chi connectivity index (χ2v) is 7.00. The summed E-state index contributed by atoms with van der Waals surface area (Å²) in [6, 6.07) is 7.40. The average molecular weight is 374 g/mol. The van der Waals surface area contributed by atoms with E-state index in [-0.39, 0.29) is 18.0 Å². The predicted octanol–water partition coefficient (Wildman–Crippen LogP) is 2.15. The van der Waals surface area contributed by atoms with Gasteiger partial charge in [-0.25, -0.2) is 13.1 Å². The zero-order valence-electron chi connectivity index (χ0n) is 11.7. The number of nitrogens with zero attached hydrogens (tertiary/aromatic N) is 1. The molecule has 1 aromatic carbocycles. The number of hydrogen-bond acceptors (Lipinski definition) is 4. The lowest BCUT2D eigenvalue weighted by molar-refractivity contribution is 0.321. The zero-order chi connectivity index (χ0) is 15.5. The van der Waals surface area contributed by atoms with Gasteiger partial charge in [0.25, 0.3) is 0 Å². The van der Waals surface area contributed by atoms with E-state index in [2.05, 4.69) is 30.8 Å². The van der Waals surface area contributed by atoms with Crippen LogP contribution in [0.1, 0.15) is 11.4 Å². The van der Waals surface area contributed by atoms with Gasteiger partial charge in [0, 0.05) is 6.54 Å². The van der Waals surface area contributed by atoms with Crippen LogP contribution < -0.4 is 9.46 Å². The Bertz CT molecular complexity index is 709. The minimum Gasteiger partial charge on any atom is -0.491 e. The van der Waals surface area contributed by atoms with Crippen molar-refractivity contribution in [2.45, 2.75) is 18.7 Å². The normalized spacial score (nSPS) is 11.6. The van der Waals surface area contributed by atoms with E-state index < -0.39 is 10.0 Å². The first kappa shape index (κ1) is 16.0. The molecule has 0 aliphatic rings. The van der Waals surface area contributed by atoms with Crippen LogP contribution in [0.3, 0.4) is 0 Å². The van der Waals surface area contributed by atoms with Gasteiger partial charge in [-0.05, 0) is 41.9 Å². The van der Waals surface area contributed by atoms with Gasteiger partial charge < -0.3 is 4.74 Å². The van der Waals surface area contributed by atoms with E-state index in [9.17, 15) is 8.42 Å². The summed E-state index contributed by atoms with van der Waals surface area (Å²) >= 11 is 3.36. The molecule has 0 amide bonds. The molecule has 0 saturated carbocycles. The number of H-pyrrole nitrogens is 1. The van der Waals surface area contributed by atoms with Crippen LogP contribution in [0.4, 0.5) is 0 Å². The summed E-state index contributed by atoms with van der Waals surface area (Å²) in [5.74, 6) is 0.673. The number of para-hydroxylation sites is 1. The molecule has 0 aliphatic carbocycles. The van der Waals surface area contributed by atoms with Crippen molar-refractivity contribution in [1.82, 2.24) is 14.9 Å². The van der Waals surface area contributed by atoms with E-state index in [4.69, 9.17) is 4.74 Å². The quantitative estimate of drug-likeness (QED) is 0.759. The SMILES string of the molecule is Cc1n[nH]c(C)c1S(=O)(=O)NCCOc1ccccc1Br. The number of nitrogens with one attached hydrogen (secondary N) is 2. The number of rotatable bonds is 6. The van der Waals surface area contributed by atoms with Crippen molar-refractivity contribution in [2.75, 3.05) is 13.2 Å². The molecule has 2 rings (SSSR count). The number of ether oxygens (including phenoxy) is 1. The van der Waals surface area contributed by atoms with Crippen LogP contribution in [-0.4, -0.2) is 31.8 Å². The summed E-state index contributed by atoms with van der Waals surface area (Å²) in [6.45, 7) is 3.73. The van der Waals surface area contributed by atoms with E-state index in [0.29, 0.717) is 17.1 Å². The first-order chi connectivity index (χ1) is 9.92. The maximum absolute atomic E-state index is 12.2. The molecule has 1 aromatic heterocycles. The molecule has 21 heavy (non-hydrogen) atoms. The highest BCUT2D eigenvalue weighted by molar-refractivity contribution is 9.10. The van der Waals surface area contributed by atoms with Gasteiger partial charge in [-0.1, -0.05) is 12.1 Å². The Morgan fingerprint density at radius 1 is 1.33 bits per heavy atom. The third-order valence-corrected chi connectivity index (χ3v) is 5.20. The molecular formula is C13H16BrN3O3S. The van der Waals surface area contributed by atoms with Crippen LogP contribution >= 0.6 is 15.9 Å². The Morgan fingerprint density at radius 2 is 2.05 bits per heavy atom. The van der Waals surface area contributed by atoms with Gasteiger partial charge in [0.2, 0.25) is 10.0 Å². The monoisotopic (exact) mass is 373 g/mol. The second kappa shape index (κ2) is 6.59. The molecule has 2 N–H and O–H groups in total. The molecule has 1 heterocycles. The van der Waals surface area contributed by atoms with E-state index in [1.807, 2.05) is 24.3 Å². The molecule has 0 unspecified atom stereocenters. The lowest BCUT2D eigenvalue weighted by Crippen LogP contribution is -2.29. The fraction of sp³-hybridized carbons (Fsp3) is 0.308. The first-order valence-corrected chi connectivity index (χ1v) is 8.58. The highest BCUT2D eigenvalue weighted by Gasteiger charge is 2.21. The molecular weight excluding hydrogens is 358 g/mol. The molecule has 8 heteroatoms. The molecule has 2 aromatic rings. The maximum Gasteiger partial charge on any atom is 0.244 e. The fourth-order valence-electron chi connectivity index (χ4n) is 1.91. The second-order valence-electron chi connectivity index (χ2n) is 4.44. The van der Waals surface area contributed by atoms with Gasteiger partial charge in [0.15, 0.2) is 0 Å². The first-order valence-electron chi connectivity index (χ1n) is 6.30. The Morgan fingerprint density at radius 3 is 2.67 bits per heavy atom. The van der Waals surface area contributed by atoms with Crippen LogP contribution in [0.2, 0.25) is 0 Å². The van der Waals surface area contributed by atoms with Gasteiger partial charge in [-0.3, -0.25) is 5.10 Å². The third kappa shape index (κ3) is 3.84. The lowest BCUT2D eigenvalue weighted by atomic mass is 10.3. The van der Waals surface area contributed by atoms with Crippen molar-refractivity contribution in [3.8, 4) is 5.75 Å². The third-order valence-electron chi connectivity index (χ3n) is 2.82. The maximum atomic E-state index is 12.2. The van der Waals surface area contributed by atoms with Crippen LogP contribution in [0.5, 0.6) is 5.75 Å². The minimum atomic E-state index is -3.58. The fourth-order valence-corrected chi connectivity index (χ4v) is 3.69. The summed E-state index contributed by atoms with van der Waals surface area (Å²) in [5, 5.41) is 6.55. The van der Waals surface area contributed by atoms with E-state index >= 15 is 0 Å². The van der Waals surface area contributed by atoms with Crippen LogP contribution in [0.15, 0.2) is 33.6 Å². The highest BCUT2D eigenvalue weighted by atomic mass is 79.9. The number of aryl methyl sites for hydroxylation is 2. The van der Waals surface area contributed by atoms with E-state index in [1.54, 1.807) is 13.8 Å². The molecule has 0 saturated heterocycles.